The van der Waals surface area contributed by atoms with Crippen LogP contribution < -0.4 is 10.6 Å². The minimum absolute atomic E-state index is 0.0277. The molecular weight excluding hydrogens is 229 g/mol. The normalized spacial score (nSPS) is 17.9. The second kappa shape index (κ2) is 4.38. The van der Waals surface area contributed by atoms with E-state index in [1.807, 2.05) is 24.4 Å². The van der Waals surface area contributed by atoms with Crippen LogP contribution in [0.15, 0.2) is 42.7 Å². The molecule has 1 aliphatic heterocycles. The first-order valence-corrected chi connectivity index (χ1v) is 5.94. The highest BCUT2D eigenvalue weighted by atomic mass is 19.1. The van der Waals surface area contributed by atoms with Crippen molar-refractivity contribution in [2.24, 2.45) is 5.73 Å². The van der Waals surface area contributed by atoms with E-state index in [4.69, 9.17) is 5.73 Å². The molecule has 2 N–H and O–H groups in total. The van der Waals surface area contributed by atoms with Crippen LogP contribution in [0.3, 0.4) is 0 Å². The zero-order chi connectivity index (χ0) is 12.5. The van der Waals surface area contributed by atoms with Crippen LogP contribution in [0, 0.1) is 5.82 Å². The van der Waals surface area contributed by atoms with Crippen molar-refractivity contribution in [3.05, 3.63) is 59.7 Å². The van der Waals surface area contributed by atoms with Gasteiger partial charge in [0, 0.05) is 19.3 Å². The molecule has 2 aromatic rings. The minimum Gasteiger partial charge on any atom is -0.358 e. The Morgan fingerprint density at radius 1 is 1.39 bits per heavy atom. The molecule has 3 rings (SSSR count). The van der Waals surface area contributed by atoms with Gasteiger partial charge in [0.05, 0.1) is 17.9 Å². The van der Waals surface area contributed by atoms with E-state index in [0.29, 0.717) is 6.54 Å². The third kappa shape index (κ3) is 1.75. The molecule has 0 amide bonds. The molecule has 1 aromatic carbocycles. The molecule has 18 heavy (non-hydrogen) atoms. The van der Waals surface area contributed by atoms with Crippen LogP contribution in [0.25, 0.3) is 0 Å². The largest absolute Gasteiger partial charge is 0.358 e. The summed E-state index contributed by atoms with van der Waals surface area (Å²) in [5.41, 5.74) is 8.98. The number of pyridine rings is 1. The van der Waals surface area contributed by atoms with Crippen molar-refractivity contribution in [2.45, 2.75) is 12.6 Å². The number of fused-ring (bicyclic) bond motifs is 1. The third-order valence-corrected chi connectivity index (χ3v) is 3.38. The molecule has 0 aliphatic carbocycles. The van der Waals surface area contributed by atoms with Gasteiger partial charge in [-0.2, -0.15) is 0 Å². The number of nitrogens with two attached hydrogens (primary N) is 1. The van der Waals surface area contributed by atoms with Gasteiger partial charge in [-0.25, -0.2) is 4.39 Å². The van der Waals surface area contributed by atoms with Crippen molar-refractivity contribution in [3.8, 4) is 0 Å². The van der Waals surface area contributed by atoms with E-state index in [1.165, 1.54) is 6.07 Å². The molecule has 3 nitrogen and oxygen atoms in total. The Morgan fingerprint density at radius 2 is 2.28 bits per heavy atom. The molecule has 0 spiro atoms. The molecule has 1 aromatic heterocycles. The van der Waals surface area contributed by atoms with Gasteiger partial charge in [0.15, 0.2) is 0 Å². The number of hydrogen-bond donors (Lipinski definition) is 1. The van der Waals surface area contributed by atoms with E-state index in [1.54, 1.807) is 12.3 Å². The maximum atomic E-state index is 13.3. The zero-order valence-corrected chi connectivity index (χ0v) is 9.88. The zero-order valence-electron chi connectivity index (χ0n) is 9.88. The van der Waals surface area contributed by atoms with Gasteiger partial charge >= 0.3 is 0 Å². The lowest BCUT2D eigenvalue weighted by Crippen LogP contribution is -2.27. The fraction of sp³-hybridized carbons (Fsp3) is 0.214. The van der Waals surface area contributed by atoms with E-state index >= 15 is 0 Å². The summed E-state index contributed by atoms with van der Waals surface area (Å²) in [6.45, 7) is 1.22. The maximum Gasteiger partial charge on any atom is 0.123 e. The second-order valence-electron chi connectivity index (χ2n) is 4.43. The van der Waals surface area contributed by atoms with E-state index in [-0.39, 0.29) is 11.9 Å². The summed E-state index contributed by atoms with van der Waals surface area (Å²) in [6, 6.07) is 8.84. The van der Waals surface area contributed by atoms with Crippen LogP contribution in [0.4, 0.5) is 10.1 Å². The molecule has 0 fully saturated rings. The summed E-state index contributed by atoms with van der Waals surface area (Å²) in [6.07, 6.45) is 3.55. The van der Waals surface area contributed by atoms with Crippen LogP contribution in [0.2, 0.25) is 0 Å². The number of rotatable bonds is 2. The third-order valence-electron chi connectivity index (χ3n) is 3.38. The Morgan fingerprint density at radius 3 is 3.00 bits per heavy atom. The highest BCUT2D eigenvalue weighted by Crippen LogP contribution is 2.36. The van der Waals surface area contributed by atoms with Gasteiger partial charge in [0.1, 0.15) is 5.82 Å². The van der Waals surface area contributed by atoms with Crippen molar-refractivity contribution in [1.29, 1.82) is 0 Å². The standard InChI is InChI=1S/C14H14FN3/c15-11-4-3-10-9-18(12-2-1-5-17-8-12)14(7-16)13(10)6-11/h1-6,8,14H,7,9,16H2. The van der Waals surface area contributed by atoms with Gasteiger partial charge < -0.3 is 10.6 Å². The minimum atomic E-state index is -0.208. The highest BCUT2D eigenvalue weighted by molar-refractivity contribution is 5.53. The number of hydrogen-bond acceptors (Lipinski definition) is 3. The SMILES string of the molecule is NCC1c2cc(F)ccc2CN1c1cccnc1. The number of aromatic nitrogens is 1. The molecule has 0 bridgehead atoms. The van der Waals surface area contributed by atoms with Crippen molar-refractivity contribution >= 4 is 5.69 Å². The van der Waals surface area contributed by atoms with Crippen LogP contribution in [0.5, 0.6) is 0 Å². The molecule has 1 aliphatic rings. The predicted octanol–water partition coefficient (Wildman–Crippen LogP) is 2.24. The molecular formula is C14H14FN3. The Bertz CT molecular complexity index is 556. The van der Waals surface area contributed by atoms with Gasteiger partial charge in [-0.15, -0.1) is 0 Å². The molecule has 0 saturated heterocycles. The van der Waals surface area contributed by atoms with Crippen LogP contribution in [-0.2, 0) is 6.54 Å². The second-order valence-corrected chi connectivity index (χ2v) is 4.43. The van der Waals surface area contributed by atoms with Gasteiger partial charge in [-0.05, 0) is 35.4 Å². The molecule has 92 valence electrons. The van der Waals surface area contributed by atoms with Crippen molar-refractivity contribution in [1.82, 2.24) is 4.98 Å². The average molecular weight is 243 g/mol. The van der Waals surface area contributed by atoms with E-state index in [0.717, 1.165) is 23.4 Å². The molecule has 0 saturated carbocycles. The maximum absolute atomic E-state index is 13.3. The Balaban J connectivity index is 2.02. The molecule has 0 radical (unpaired) electrons. The van der Waals surface area contributed by atoms with Crippen LogP contribution in [-0.4, -0.2) is 11.5 Å². The first-order chi connectivity index (χ1) is 8.79. The van der Waals surface area contributed by atoms with Gasteiger partial charge in [-0.1, -0.05) is 6.07 Å². The molecule has 4 heteroatoms. The average Bonchev–Trinajstić information content (AvgIpc) is 2.77. The van der Waals surface area contributed by atoms with Crippen molar-refractivity contribution in [3.63, 3.8) is 0 Å². The smallest absolute Gasteiger partial charge is 0.123 e. The topological polar surface area (TPSA) is 42.1 Å². The number of nitrogens with zero attached hydrogens (tertiary/aromatic N) is 2. The van der Waals surface area contributed by atoms with E-state index in [9.17, 15) is 4.39 Å². The van der Waals surface area contributed by atoms with Crippen LogP contribution >= 0.6 is 0 Å². The lowest BCUT2D eigenvalue weighted by atomic mass is 10.0. The Labute approximate surface area is 105 Å². The lowest BCUT2D eigenvalue weighted by Gasteiger charge is -2.25. The fourth-order valence-electron chi connectivity index (χ4n) is 2.53. The summed E-state index contributed by atoms with van der Waals surface area (Å²) in [5.74, 6) is -0.208. The summed E-state index contributed by atoms with van der Waals surface area (Å²) in [5, 5.41) is 0. The van der Waals surface area contributed by atoms with Crippen LogP contribution in [0.1, 0.15) is 17.2 Å². The van der Waals surface area contributed by atoms with Gasteiger partial charge in [0.25, 0.3) is 0 Å². The molecule has 1 atom stereocenters. The highest BCUT2D eigenvalue weighted by Gasteiger charge is 2.29. The van der Waals surface area contributed by atoms with Gasteiger partial charge in [0.2, 0.25) is 0 Å². The Kier molecular flexibility index (Phi) is 2.72. The first-order valence-electron chi connectivity index (χ1n) is 5.94. The van der Waals surface area contributed by atoms with E-state index in [2.05, 4.69) is 9.88 Å². The fourth-order valence-corrected chi connectivity index (χ4v) is 2.53. The number of benzene rings is 1. The first kappa shape index (κ1) is 11.2. The summed E-state index contributed by atoms with van der Waals surface area (Å²) in [4.78, 5) is 6.29. The Hall–Kier alpha value is -1.94. The predicted molar refractivity (Wildman–Crippen MR) is 68.6 cm³/mol. The summed E-state index contributed by atoms with van der Waals surface area (Å²) < 4.78 is 13.3. The summed E-state index contributed by atoms with van der Waals surface area (Å²) >= 11 is 0. The van der Waals surface area contributed by atoms with Gasteiger partial charge in [-0.3, -0.25) is 4.98 Å². The quantitative estimate of drug-likeness (QED) is 0.879. The van der Waals surface area contributed by atoms with Crippen molar-refractivity contribution in [2.75, 3.05) is 11.4 Å². The molecule has 1 unspecified atom stereocenters. The lowest BCUT2D eigenvalue weighted by molar-refractivity contribution is 0.620. The van der Waals surface area contributed by atoms with Crippen molar-refractivity contribution < 1.29 is 4.39 Å². The summed E-state index contributed by atoms with van der Waals surface area (Å²) in [7, 11) is 0. The number of anilines is 1. The van der Waals surface area contributed by atoms with E-state index < -0.39 is 0 Å². The monoisotopic (exact) mass is 243 g/mol. The number of halogens is 1. The molecule has 2 heterocycles.